The highest BCUT2D eigenvalue weighted by atomic mass is 35.5. The molecule has 1 aliphatic heterocycles. The molecule has 0 radical (unpaired) electrons. The number of methoxy groups -OCH3 is 1. The smallest absolute Gasteiger partial charge is 0.254 e. The predicted octanol–water partition coefficient (Wildman–Crippen LogP) is 0.857. The summed E-state index contributed by atoms with van der Waals surface area (Å²) >= 11 is 0. The Morgan fingerprint density at radius 3 is 2.84 bits per heavy atom. The number of nitrogens with zero attached hydrogens (tertiary/aromatic N) is 1. The van der Waals surface area contributed by atoms with Crippen molar-refractivity contribution in [1.82, 2.24) is 14.9 Å². The van der Waals surface area contributed by atoms with Crippen LogP contribution >= 0.6 is 12.4 Å². The van der Waals surface area contributed by atoms with E-state index in [9.17, 15) is 13.2 Å². The fourth-order valence-electron chi connectivity index (χ4n) is 2.87. The number of rotatable bonds is 8. The molecule has 9 heteroatoms. The zero-order chi connectivity index (χ0) is 17.6. The van der Waals surface area contributed by atoms with Crippen LogP contribution in [0.1, 0.15) is 23.2 Å². The number of sulfonamides is 1. The molecule has 7 nitrogen and oxygen atoms in total. The first-order valence-electron chi connectivity index (χ1n) is 8.04. The molecular weight excluding hydrogens is 366 g/mol. The predicted molar refractivity (Wildman–Crippen MR) is 98.7 cm³/mol. The Hall–Kier alpha value is -1.19. The first kappa shape index (κ1) is 21.9. The Bertz CT molecular complexity index is 669. The Labute approximate surface area is 155 Å². The summed E-state index contributed by atoms with van der Waals surface area (Å²) in [7, 11) is -0.283. The molecule has 2 N–H and O–H groups in total. The van der Waals surface area contributed by atoms with Gasteiger partial charge in [-0.15, -0.1) is 12.4 Å². The van der Waals surface area contributed by atoms with Crippen LogP contribution in [0.25, 0.3) is 0 Å². The maximum Gasteiger partial charge on any atom is 0.254 e. The van der Waals surface area contributed by atoms with Crippen molar-refractivity contribution < 1.29 is 17.9 Å². The third kappa shape index (κ3) is 5.65. The second-order valence-corrected chi connectivity index (χ2v) is 7.54. The van der Waals surface area contributed by atoms with Crippen LogP contribution < -0.4 is 10.0 Å². The average Bonchev–Trinajstić information content (AvgIpc) is 3.03. The molecule has 1 saturated heterocycles. The van der Waals surface area contributed by atoms with Gasteiger partial charge in [0, 0.05) is 38.3 Å². The van der Waals surface area contributed by atoms with Crippen LogP contribution in [0.3, 0.4) is 0 Å². The van der Waals surface area contributed by atoms with Crippen molar-refractivity contribution in [2.75, 3.05) is 40.4 Å². The van der Waals surface area contributed by atoms with Gasteiger partial charge in [0.15, 0.2) is 0 Å². The van der Waals surface area contributed by atoms with Crippen LogP contribution in [0, 0.1) is 0 Å². The van der Waals surface area contributed by atoms with Crippen LogP contribution in [0.5, 0.6) is 0 Å². The van der Waals surface area contributed by atoms with Crippen molar-refractivity contribution in [3.8, 4) is 0 Å². The number of benzene rings is 1. The molecule has 25 heavy (non-hydrogen) atoms. The molecule has 142 valence electrons. The molecule has 1 unspecified atom stereocenters. The highest BCUT2D eigenvalue weighted by Gasteiger charge is 2.29. The van der Waals surface area contributed by atoms with Crippen LogP contribution in [0.4, 0.5) is 0 Å². The lowest BCUT2D eigenvalue weighted by molar-refractivity contribution is 0.0737. The summed E-state index contributed by atoms with van der Waals surface area (Å²) in [5, 5.41) is 3.10. The lowest BCUT2D eigenvalue weighted by atomic mass is 10.1. The molecule has 1 aromatic rings. The van der Waals surface area contributed by atoms with Gasteiger partial charge in [-0.3, -0.25) is 4.79 Å². The lowest BCUT2D eigenvalue weighted by Crippen LogP contribution is -2.40. The number of amides is 1. The molecule has 2 rings (SSSR count). The largest absolute Gasteiger partial charge is 0.383 e. The monoisotopic (exact) mass is 391 g/mol. The molecule has 1 fully saturated rings. The normalized spacial score (nSPS) is 17.4. The van der Waals surface area contributed by atoms with E-state index in [1.54, 1.807) is 12.1 Å². The van der Waals surface area contributed by atoms with Crippen molar-refractivity contribution in [2.45, 2.75) is 23.8 Å². The van der Waals surface area contributed by atoms with E-state index in [0.29, 0.717) is 12.1 Å². The summed E-state index contributed by atoms with van der Waals surface area (Å²) in [6.07, 6.45) is 1.93. The third-order valence-electron chi connectivity index (χ3n) is 4.07. The van der Waals surface area contributed by atoms with Crippen LogP contribution in [-0.4, -0.2) is 65.7 Å². The average molecular weight is 392 g/mol. The van der Waals surface area contributed by atoms with Gasteiger partial charge in [-0.1, -0.05) is 6.07 Å². The minimum Gasteiger partial charge on any atom is -0.383 e. The van der Waals surface area contributed by atoms with E-state index in [0.717, 1.165) is 19.4 Å². The number of likely N-dealkylation sites (tertiary alicyclic amines) is 1. The van der Waals surface area contributed by atoms with Gasteiger partial charge < -0.3 is 15.0 Å². The molecular formula is C16H26ClN3O4S. The van der Waals surface area contributed by atoms with Crippen molar-refractivity contribution in [3.05, 3.63) is 29.8 Å². The van der Waals surface area contributed by atoms with Gasteiger partial charge in [0.1, 0.15) is 0 Å². The van der Waals surface area contributed by atoms with Gasteiger partial charge in [-0.25, -0.2) is 13.1 Å². The Balaban J connectivity index is 0.00000312. The standard InChI is InChI=1S/C16H25N3O4S.ClH/c1-17-12-14-6-4-9-19(14)16(20)13-5-3-7-15(11-13)24(21,22)18-8-10-23-2;/h3,5,7,11,14,17-18H,4,6,8-10,12H2,1-2H3;1H. The molecule has 0 saturated carbocycles. The van der Waals surface area contributed by atoms with E-state index in [2.05, 4.69) is 10.0 Å². The lowest BCUT2D eigenvalue weighted by Gasteiger charge is -2.24. The topological polar surface area (TPSA) is 87.7 Å². The summed E-state index contributed by atoms with van der Waals surface area (Å²) in [6.45, 7) is 1.92. The van der Waals surface area contributed by atoms with Crippen molar-refractivity contribution >= 4 is 28.3 Å². The minimum atomic E-state index is -3.65. The molecule has 1 aliphatic rings. The summed E-state index contributed by atoms with van der Waals surface area (Å²) in [5.41, 5.74) is 0.396. The second kappa shape index (κ2) is 10.1. The number of nitrogens with one attached hydrogen (secondary N) is 2. The fraction of sp³-hybridized carbons (Fsp3) is 0.562. The van der Waals surface area contributed by atoms with Gasteiger partial charge in [0.25, 0.3) is 5.91 Å². The Kier molecular flexibility index (Phi) is 8.81. The summed E-state index contributed by atoms with van der Waals surface area (Å²) in [4.78, 5) is 14.6. The highest BCUT2D eigenvalue weighted by Crippen LogP contribution is 2.21. The quantitative estimate of drug-likeness (QED) is 0.642. The number of carbonyl (C=O) groups is 1. The van der Waals surface area contributed by atoms with Gasteiger partial charge >= 0.3 is 0 Å². The Morgan fingerprint density at radius 2 is 2.16 bits per heavy atom. The van der Waals surface area contributed by atoms with E-state index in [1.165, 1.54) is 19.2 Å². The van der Waals surface area contributed by atoms with E-state index >= 15 is 0 Å². The molecule has 0 aromatic heterocycles. The number of hydrogen-bond donors (Lipinski definition) is 2. The molecule has 1 amide bonds. The third-order valence-corrected chi connectivity index (χ3v) is 5.53. The fourth-order valence-corrected chi connectivity index (χ4v) is 3.93. The number of halogens is 1. The van der Waals surface area contributed by atoms with Crippen LogP contribution in [0.2, 0.25) is 0 Å². The van der Waals surface area contributed by atoms with Crippen molar-refractivity contribution in [1.29, 1.82) is 0 Å². The first-order valence-corrected chi connectivity index (χ1v) is 9.52. The SMILES string of the molecule is CNCC1CCCN1C(=O)c1cccc(S(=O)(=O)NCCOC)c1.Cl. The van der Waals surface area contributed by atoms with Crippen molar-refractivity contribution in [3.63, 3.8) is 0 Å². The summed E-state index contributed by atoms with van der Waals surface area (Å²) in [5.74, 6) is -0.123. The number of likely N-dealkylation sites (N-methyl/N-ethyl adjacent to an activating group) is 1. The zero-order valence-corrected chi connectivity index (χ0v) is 16.2. The summed E-state index contributed by atoms with van der Waals surface area (Å²) in [6, 6.07) is 6.34. The van der Waals surface area contributed by atoms with Crippen LogP contribution in [0.15, 0.2) is 29.2 Å². The van der Waals surface area contributed by atoms with Gasteiger partial charge in [0.05, 0.1) is 11.5 Å². The first-order chi connectivity index (χ1) is 11.5. The molecule has 1 aromatic carbocycles. The Morgan fingerprint density at radius 1 is 1.40 bits per heavy atom. The van der Waals surface area contributed by atoms with Crippen LogP contribution in [-0.2, 0) is 14.8 Å². The minimum absolute atomic E-state index is 0. The number of hydrogen-bond acceptors (Lipinski definition) is 5. The molecule has 0 aliphatic carbocycles. The zero-order valence-electron chi connectivity index (χ0n) is 14.5. The number of carbonyl (C=O) groups excluding carboxylic acids is 1. The van der Waals surface area contributed by atoms with E-state index in [4.69, 9.17) is 4.74 Å². The van der Waals surface area contributed by atoms with Gasteiger partial charge in [-0.05, 0) is 38.1 Å². The van der Waals surface area contributed by atoms with Gasteiger partial charge in [0.2, 0.25) is 10.0 Å². The second-order valence-electron chi connectivity index (χ2n) is 5.77. The number of ether oxygens (including phenoxy) is 1. The van der Waals surface area contributed by atoms with E-state index < -0.39 is 10.0 Å². The molecule has 0 spiro atoms. The molecule has 1 atom stereocenters. The molecule has 1 heterocycles. The van der Waals surface area contributed by atoms with Gasteiger partial charge in [-0.2, -0.15) is 0 Å². The van der Waals surface area contributed by atoms with Crippen molar-refractivity contribution in [2.24, 2.45) is 0 Å². The van der Waals surface area contributed by atoms with E-state index in [-0.39, 0.29) is 42.4 Å². The highest BCUT2D eigenvalue weighted by molar-refractivity contribution is 7.89. The van der Waals surface area contributed by atoms with E-state index in [1.807, 2.05) is 11.9 Å². The molecule has 0 bridgehead atoms. The maximum atomic E-state index is 12.7. The summed E-state index contributed by atoms with van der Waals surface area (Å²) < 4.78 is 31.8. The maximum absolute atomic E-state index is 12.7.